The lowest BCUT2D eigenvalue weighted by Gasteiger charge is -2.25. The van der Waals surface area contributed by atoms with Crippen molar-refractivity contribution in [3.8, 4) is 0 Å². The van der Waals surface area contributed by atoms with E-state index in [0.29, 0.717) is 24.2 Å². The molecular formula is C16H21FN2O2. The summed E-state index contributed by atoms with van der Waals surface area (Å²) in [5, 5.41) is 0. The summed E-state index contributed by atoms with van der Waals surface area (Å²) in [6, 6.07) is 3.05. The summed E-state index contributed by atoms with van der Waals surface area (Å²) in [6.07, 6.45) is 0.841. The van der Waals surface area contributed by atoms with E-state index in [0.717, 1.165) is 25.2 Å². The smallest absolute Gasteiger partial charge is 0.219 e. The Morgan fingerprint density at radius 3 is 2.43 bits per heavy atom. The molecule has 1 amide bonds. The normalized spacial score (nSPS) is 15.8. The van der Waals surface area contributed by atoms with Crippen molar-refractivity contribution >= 4 is 17.4 Å². The summed E-state index contributed by atoms with van der Waals surface area (Å²) in [4.78, 5) is 27.1. The van der Waals surface area contributed by atoms with Crippen LogP contribution < -0.4 is 4.90 Å². The Bertz CT molecular complexity index is 572. The molecule has 0 spiro atoms. The summed E-state index contributed by atoms with van der Waals surface area (Å²) in [6.45, 7) is 7.49. The van der Waals surface area contributed by atoms with Crippen LogP contribution in [0.2, 0.25) is 0 Å². The molecule has 0 aliphatic carbocycles. The Hall–Kier alpha value is -1.91. The molecule has 0 unspecified atom stereocenters. The van der Waals surface area contributed by atoms with E-state index in [9.17, 15) is 14.0 Å². The maximum absolute atomic E-state index is 13.7. The van der Waals surface area contributed by atoms with Crippen LogP contribution in [0.1, 0.15) is 36.2 Å². The molecule has 1 heterocycles. The number of Topliss-reactive ketones (excluding diaryl/α,β-unsaturated/α-hetero) is 1. The number of benzene rings is 1. The highest BCUT2D eigenvalue weighted by atomic mass is 19.1. The molecule has 114 valence electrons. The van der Waals surface area contributed by atoms with Crippen molar-refractivity contribution in [1.82, 2.24) is 4.90 Å². The molecule has 0 aromatic heterocycles. The second-order valence-electron chi connectivity index (χ2n) is 5.52. The van der Waals surface area contributed by atoms with Crippen LogP contribution in [0.15, 0.2) is 12.1 Å². The topological polar surface area (TPSA) is 40.6 Å². The molecule has 4 nitrogen and oxygen atoms in total. The number of halogens is 1. The maximum atomic E-state index is 13.7. The Balaban J connectivity index is 2.31. The molecule has 2 rings (SSSR count). The van der Waals surface area contributed by atoms with Crippen LogP contribution >= 0.6 is 0 Å². The molecule has 0 radical (unpaired) electrons. The van der Waals surface area contributed by atoms with Gasteiger partial charge in [0.05, 0.1) is 0 Å². The molecule has 1 aliphatic heterocycles. The highest BCUT2D eigenvalue weighted by Gasteiger charge is 2.21. The summed E-state index contributed by atoms with van der Waals surface area (Å²) < 4.78 is 13.7. The second-order valence-corrected chi connectivity index (χ2v) is 5.52. The average molecular weight is 292 g/mol. The number of ketones is 1. The number of amides is 1. The van der Waals surface area contributed by atoms with Gasteiger partial charge in [0.25, 0.3) is 0 Å². The summed E-state index contributed by atoms with van der Waals surface area (Å²) >= 11 is 0. The van der Waals surface area contributed by atoms with Gasteiger partial charge in [0.15, 0.2) is 5.78 Å². The molecule has 0 bridgehead atoms. The van der Waals surface area contributed by atoms with Gasteiger partial charge < -0.3 is 9.80 Å². The Morgan fingerprint density at radius 1 is 1.10 bits per heavy atom. The Kier molecular flexibility index (Phi) is 4.60. The SMILES string of the molecule is CC(=O)c1cc(F)c(C)cc1N1CCCN(C(C)=O)CC1. The Morgan fingerprint density at radius 2 is 1.81 bits per heavy atom. The number of aryl methyl sites for hydroxylation is 1. The molecular weight excluding hydrogens is 271 g/mol. The molecule has 0 saturated carbocycles. The second kappa shape index (κ2) is 6.24. The number of rotatable bonds is 2. The highest BCUT2D eigenvalue weighted by molar-refractivity contribution is 6.00. The van der Waals surface area contributed by atoms with E-state index >= 15 is 0 Å². The first-order valence-electron chi connectivity index (χ1n) is 7.21. The van der Waals surface area contributed by atoms with E-state index in [1.807, 2.05) is 4.90 Å². The van der Waals surface area contributed by atoms with Gasteiger partial charge in [0.1, 0.15) is 5.82 Å². The number of carbonyl (C=O) groups excluding carboxylic acids is 2. The number of anilines is 1. The van der Waals surface area contributed by atoms with Crippen molar-refractivity contribution in [3.63, 3.8) is 0 Å². The van der Waals surface area contributed by atoms with Gasteiger partial charge in [-0.05, 0) is 38.0 Å². The van der Waals surface area contributed by atoms with Gasteiger partial charge in [-0.2, -0.15) is 0 Å². The van der Waals surface area contributed by atoms with Crippen LogP contribution in [0.25, 0.3) is 0 Å². The number of nitrogens with zero attached hydrogens (tertiary/aromatic N) is 2. The van der Waals surface area contributed by atoms with Gasteiger partial charge in [-0.25, -0.2) is 4.39 Å². The molecule has 5 heteroatoms. The molecule has 21 heavy (non-hydrogen) atoms. The van der Waals surface area contributed by atoms with Gasteiger partial charge in [-0.15, -0.1) is 0 Å². The largest absolute Gasteiger partial charge is 0.369 e. The molecule has 0 N–H and O–H groups in total. The fraction of sp³-hybridized carbons (Fsp3) is 0.500. The third-order valence-electron chi connectivity index (χ3n) is 3.94. The predicted molar refractivity (Wildman–Crippen MR) is 80.2 cm³/mol. The lowest BCUT2D eigenvalue weighted by Crippen LogP contribution is -2.34. The quantitative estimate of drug-likeness (QED) is 0.786. The number of carbonyl (C=O) groups is 2. The summed E-state index contributed by atoms with van der Waals surface area (Å²) in [5.41, 5.74) is 1.71. The van der Waals surface area contributed by atoms with Gasteiger partial charge in [0.2, 0.25) is 5.91 Å². The van der Waals surface area contributed by atoms with Crippen LogP contribution in [0, 0.1) is 12.7 Å². The van der Waals surface area contributed by atoms with Gasteiger partial charge in [0, 0.05) is 44.4 Å². The first-order chi connectivity index (χ1) is 9.90. The Labute approximate surface area is 124 Å². The minimum absolute atomic E-state index is 0.0685. The highest BCUT2D eigenvalue weighted by Crippen LogP contribution is 2.26. The summed E-state index contributed by atoms with van der Waals surface area (Å²) in [7, 11) is 0. The maximum Gasteiger partial charge on any atom is 0.219 e. The zero-order chi connectivity index (χ0) is 15.6. The third-order valence-corrected chi connectivity index (χ3v) is 3.94. The predicted octanol–water partition coefficient (Wildman–Crippen LogP) is 2.40. The minimum Gasteiger partial charge on any atom is -0.369 e. The average Bonchev–Trinajstić information content (AvgIpc) is 2.67. The van der Waals surface area contributed by atoms with E-state index in [-0.39, 0.29) is 17.5 Å². The van der Waals surface area contributed by atoms with Gasteiger partial charge in [-0.3, -0.25) is 9.59 Å². The van der Waals surface area contributed by atoms with Crippen LogP contribution in [-0.4, -0.2) is 42.8 Å². The molecule has 0 atom stereocenters. The first kappa shape index (κ1) is 15.5. The lowest BCUT2D eigenvalue weighted by molar-refractivity contribution is -0.128. The standard InChI is InChI=1S/C16H21FN2O2/c1-11-9-16(14(12(2)20)10-15(11)17)19-6-4-5-18(7-8-19)13(3)21/h9-10H,4-8H2,1-3H3. The molecule has 1 saturated heterocycles. The van der Waals surface area contributed by atoms with Gasteiger partial charge >= 0.3 is 0 Å². The van der Waals surface area contributed by atoms with E-state index in [4.69, 9.17) is 0 Å². The van der Waals surface area contributed by atoms with Crippen LogP contribution in [0.5, 0.6) is 0 Å². The van der Waals surface area contributed by atoms with Crippen molar-refractivity contribution in [3.05, 3.63) is 29.1 Å². The van der Waals surface area contributed by atoms with Crippen molar-refractivity contribution < 1.29 is 14.0 Å². The summed E-state index contributed by atoms with van der Waals surface area (Å²) in [5.74, 6) is -0.431. The fourth-order valence-corrected chi connectivity index (χ4v) is 2.68. The van der Waals surface area contributed by atoms with Crippen molar-refractivity contribution in [2.24, 2.45) is 0 Å². The van der Waals surface area contributed by atoms with Crippen LogP contribution in [0.4, 0.5) is 10.1 Å². The fourth-order valence-electron chi connectivity index (χ4n) is 2.68. The minimum atomic E-state index is -0.357. The van der Waals surface area contributed by atoms with Crippen LogP contribution in [-0.2, 0) is 4.79 Å². The van der Waals surface area contributed by atoms with E-state index in [1.165, 1.54) is 13.0 Å². The number of hydrogen-bond acceptors (Lipinski definition) is 3. The van der Waals surface area contributed by atoms with E-state index in [1.54, 1.807) is 19.9 Å². The van der Waals surface area contributed by atoms with E-state index in [2.05, 4.69) is 4.90 Å². The molecule has 1 aromatic carbocycles. The molecule has 1 fully saturated rings. The lowest BCUT2D eigenvalue weighted by atomic mass is 10.0. The van der Waals surface area contributed by atoms with Crippen molar-refractivity contribution in [2.75, 3.05) is 31.1 Å². The first-order valence-corrected chi connectivity index (χ1v) is 7.21. The van der Waals surface area contributed by atoms with Crippen LogP contribution in [0.3, 0.4) is 0 Å². The van der Waals surface area contributed by atoms with Crippen molar-refractivity contribution in [2.45, 2.75) is 27.2 Å². The molecule has 1 aliphatic rings. The molecule has 1 aromatic rings. The van der Waals surface area contributed by atoms with Gasteiger partial charge in [-0.1, -0.05) is 0 Å². The third kappa shape index (κ3) is 3.40. The number of hydrogen-bond donors (Lipinski definition) is 0. The zero-order valence-electron chi connectivity index (χ0n) is 12.8. The monoisotopic (exact) mass is 292 g/mol. The zero-order valence-corrected chi connectivity index (χ0v) is 12.8. The van der Waals surface area contributed by atoms with Crippen molar-refractivity contribution in [1.29, 1.82) is 0 Å². The van der Waals surface area contributed by atoms with E-state index < -0.39 is 0 Å².